The highest BCUT2D eigenvalue weighted by molar-refractivity contribution is 14.0. The van der Waals surface area contributed by atoms with Crippen LogP contribution in [-0.2, 0) is 6.54 Å². The molecule has 1 fully saturated rings. The molecule has 28 heavy (non-hydrogen) atoms. The van der Waals surface area contributed by atoms with E-state index in [-0.39, 0.29) is 29.8 Å². The fourth-order valence-electron chi connectivity index (χ4n) is 3.26. The number of hydrogen-bond donors (Lipinski definition) is 2. The van der Waals surface area contributed by atoms with Gasteiger partial charge in [0.25, 0.3) is 0 Å². The summed E-state index contributed by atoms with van der Waals surface area (Å²) in [5.74, 6) is 0.658. The van der Waals surface area contributed by atoms with Gasteiger partial charge in [0.1, 0.15) is 5.82 Å². The van der Waals surface area contributed by atoms with Crippen molar-refractivity contribution in [2.75, 3.05) is 57.8 Å². The Labute approximate surface area is 183 Å². The van der Waals surface area contributed by atoms with Crippen molar-refractivity contribution < 1.29 is 4.39 Å². The van der Waals surface area contributed by atoms with Gasteiger partial charge in [-0.3, -0.25) is 9.89 Å². The molecule has 6 nitrogen and oxygen atoms in total. The van der Waals surface area contributed by atoms with Gasteiger partial charge in [0.2, 0.25) is 0 Å². The molecule has 0 amide bonds. The summed E-state index contributed by atoms with van der Waals surface area (Å²) >= 11 is 0. The van der Waals surface area contributed by atoms with E-state index in [9.17, 15) is 4.39 Å². The van der Waals surface area contributed by atoms with Crippen LogP contribution in [0, 0.1) is 5.82 Å². The van der Waals surface area contributed by atoms with Crippen LogP contribution in [-0.4, -0.2) is 68.3 Å². The zero-order chi connectivity index (χ0) is 18.9. The van der Waals surface area contributed by atoms with Crippen molar-refractivity contribution in [2.45, 2.75) is 6.54 Å². The van der Waals surface area contributed by atoms with E-state index in [0.717, 1.165) is 64.0 Å². The van der Waals surface area contributed by atoms with Crippen LogP contribution in [0.25, 0.3) is 0 Å². The van der Waals surface area contributed by atoms with Gasteiger partial charge in [-0.05, 0) is 36.4 Å². The summed E-state index contributed by atoms with van der Waals surface area (Å²) in [6.45, 7) is 7.56. The lowest BCUT2D eigenvalue weighted by molar-refractivity contribution is 0.261. The Kier molecular flexibility index (Phi) is 9.56. The van der Waals surface area contributed by atoms with Crippen LogP contribution < -0.4 is 15.5 Å². The van der Waals surface area contributed by atoms with Crippen LogP contribution >= 0.6 is 24.0 Å². The maximum Gasteiger partial charge on any atom is 0.191 e. The van der Waals surface area contributed by atoms with E-state index in [1.54, 1.807) is 7.05 Å². The van der Waals surface area contributed by atoms with Gasteiger partial charge in [-0.1, -0.05) is 0 Å². The number of halogens is 2. The minimum Gasteiger partial charge on any atom is -0.369 e. The standard InChI is InChI=1S/C20H29FN6.HI/c1-22-20(23-8-12-25-10-2-3-11-25)24-9-13-26-14-16-27(17-15-26)19-6-4-18(21)5-7-19;/h2-7,10-11H,8-9,12-17H2,1H3,(H2,22,23,24);1H. The van der Waals surface area contributed by atoms with Crippen LogP contribution in [0.4, 0.5) is 10.1 Å². The molecule has 2 N–H and O–H groups in total. The number of aliphatic imine (C=N–C) groups is 1. The third-order valence-electron chi connectivity index (χ3n) is 4.84. The van der Waals surface area contributed by atoms with Gasteiger partial charge in [0.05, 0.1) is 0 Å². The molecule has 1 saturated heterocycles. The lowest BCUT2D eigenvalue weighted by Crippen LogP contribution is -2.49. The molecule has 8 heteroatoms. The third-order valence-corrected chi connectivity index (χ3v) is 4.84. The molecule has 0 unspecified atom stereocenters. The monoisotopic (exact) mass is 500 g/mol. The smallest absolute Gasteiger partial charge is 0.191 e. The summed E-state index contributed by atoms with van der Waals surface area (Å²) < 4.78 is 15.2. The average molecular weight is 500 g/mol. The summed E-state index contributed by atoms with van der Waals surface area (Å²) in [6, 6.07) is 10.8. The molecule has 2 heterocycles. The highest BCUT2D eigenvalue weighted by atomic mass is 127. The molecule has 0 spiro atoms. The molecule has 0 bridgehead atoms. The fourth-order valence-corrected chi connectivity index (χ4v) is 3.26. The second-order valence-corrected chi connectivity index (χ2v) is 6.65. The normalized spacial score (nSPS) is 15.2. The van der Waals surface area contributed by atoms with E-state index in [0.29, 0.717) is 0 Å². The maximum absolute atomic E-state index is 13.0. The first-order chi connectivity index (χ1) is 13.2. The van der Waals surface area contributed by atoms with Crippen LogP contribution in [0.1, 0.15) is 0 Å². The Hall–Kier alpha value is -1.81. The number of piperazine rings is 1. The predicted molar refractivity (Wildman–Crippen MR) is 124 cm³/mol. The van der Waals surface area contributed by atoms with Crippen LogP contribution in [0.3, 0.4) is 0 Å². The Morgan fingerprint density at radius 3 is 2.18 bits per heavy atom. The molecular weight excluding hydrogens is 470 g/mol. The summed E-state index contributed by atoms with van der Waals surface area (Å²) in [4.78, 5) is 9.03. The van der Waals surface area contributed by atoms with Gasteiger partial charge >= 0.3 is 0 Å². The minimum absolute atomic E-state index is 0. The summed E-state index contributed by atoms with van der Waals surface area (Å²) in [7, 11) is 1.80. The van der Waals surface area contributed by atoms with E-state index < -0.39 is 0 Å². The highest BCUT2D eigenvalue weighted by Gasteiger charge is 2.16. The number of nitrogens with zero attached hydrogens (tertiary/aromatic N) is 4. The molecule has 0 aliphatic carbocycles. The number of guanidine groups is 1. The number of rotatable bonds is 7. The van der Waals surface area contributed by atoms with E-state index in [2.05, 4.69) is 42.4 Å². The molecule has 2 aromatic rings. The molecule has 1 aliphatic heterocycles. The maximum atomic E-state index is 13.0. The molecule has 1 aliphatic rings. The minimum atomic E-state index is -0.182. The number of nitrogens with one attached hydrogen (secondary N) is 2. The first-order valence-corrected chi connectivity index (χ1v) is 9.53. The molecular formula is C20H30FIN6. The van der Waals surface area contributed by atoms with Gasteiger partial charge in [-0.15, -0.1) is 24.0 Å². The van der Waals surface area contributed by atoms with Crippen molar-refractivity contribution in [2.24, 2.45) is 4.99 Å². The number of benzene rings is 1. The Balaban J connectivity index is 0.00000280. The molecule has 0 atom stereocenters. The van der Waals surface area contributed by atoms with E-state index in [1.165, 1.54) is 12.1 Å². The first kappa shape index (κ1) is 22.5. The van der Waals surface area contributed by atoms with Gasteiger partial charge < -0.3 is 20.1 Å². The Bertz CT molecular complexity index is 696. The van der Waals surface area contributed by atoms with Crippen molar-refractivity contribution in [3.05, 3.63) is 54.6 Å². The lowest BCUT2D eigenvalue weighted by Gasteiger charge is -2.36. The topological polar surface area (TPSA) is 47.8 Å². The summed E-state index contributed by atoms with van der Waals surface area (Å²) in [5.41, 5.74) is 1.10. The quantitative estimate of drug-likeness (QED) is 0.348. The zero-order valence-corrected chi connectivity index (χ0v) is 18.7. The molecule has 1 aromatic carbocycles. The second kappa shape index (κ2) is 11.9. The molecule has 3 rings (SSSR count). The van der Waals surface area contributed by atoms with Crippen molar-refractivity contribution >= 4 is 35.6 Å². The van der Waals surface area contributed by atoms with E-state index in [4.69, 9.17) is 0 Å². The van der Waals surface area contributed by atoms with Crippen molar-refractivity contribution in [1.29, 1.82) is 0 Å². The number of aromatic nitrogens is 1. The van der Waals surface area contributed by atoms with E-state index in [1.807, 2.05) is 24.3 Å². The summed E-state index contributed by atoms with van der Waals surface area (Å²) in [6.07, 6.45) is 4.12. The number of anilines is 1. The highest BCUT2D eigenvalue weighted by Crippen LogP contribution is 2.16. The van der Waals surface area contributed by atoms with Crippen molar-refractivity contribution in [3.63, 3.8) is 0 Å². The lowest BCUT2D eigenvalue weighted by atomic mass is 10.2. The van der Waals surface area contributed by atoms with Crippen LogP contribution in [0.15, 0.2) is 53.8 Å². The first-order valence-electron chi connectivity index (χ1n) is 9.53. The largest absolute Gasteiger partial charge is 0.369 e. The van der Waals surface area contributed by atoms with Crippen LogP contribution in [0.2, 0.25) is 0 Å². The molecule has 154 valence electrons. The molecule has 0 saturated carbocycles. The zero-order valence-electron chi connectivity index (χ0n) is 16.4. The SMILES string of the molecule is CN=C(NCCN1CCN(c2ccc(F)cc2)CC1)NCCn1cccc1.I. The fraction of sp³-hybridized carbons (Fsp3) is 0.450. The summed E-state index contributed by atoms with van der Waals surface area (Å²) in [5, 5.41) is 6.72. The predicted octanol–water partition coefficient (Wildman–Crippen LogP) is 2.23. The van der Waals surface area contributed by atoms with Gasteiger partial charge in [-0.2, -0.15) is 0 Å². The van der Waals surface area contributed by atoms with Gasteiger partial charge in [0.15, 0.2) is 5.96 Å². The molecule has 1 aromatic heterocycles. The second-order valence-electron chi connectivity index (χ2n) is 6.65. The van der Waals surface area contributed by atoms with Gasteiger partial charge in [-0.25, -0.2) is 4.39 Å². The van der Waals surface area contributed by atoms with Crippen molar-refractivity contribution in [3.8, 4) is 0 Å². The Morgan fingerprint density at radius 2 is 1.57 bits per heavy atom. The Morgan fingerprint density at radius 1 is 0.964 bits per heavy atom. The average Bonchev–Trinajstić information content (AvgIpc) is 3.21. The van der Waals surface area contributed by atoms with Gasteiger partial charge in [0, 0.05) is 77.5 Å². The number of hydrogen-bond acceptors (Lipinski definition) is 3. The van der Waals surface area contributed by atoms with E-state index >= 15 is 0 Å². The van der Waals surface area contributed by atoms with Crippen molar-refractivity contribution in [1.82, 2.24) is 20.1 Å². The third kappa shape index (κ3) is 6.97. The van der Waals surface area contributed by atoms with Crippen LogP contribution in [0.5, 0.6) is 0 Å². The molecule has 0 radical (unpaired) electrons.